The van der Waals surface area contributed by atoms with Crippen molar-refractivity contribution >= 4 is 34.4 Å². The molecule has 24 heavy (non-hydrogen) atoms. The average Bonchev–Trinajstić information content (AvgIpc) is 2.54. The first kappa shape index (κ1) is 16.3. The number of nitrogens with zero attached hydrogens (tertiary/aromatic N) is 2. The number of nitrogens with one attached hydrogen (secondary N) is 1. The third-order valence-corrected chi connectivity index (χ3v) is 3.58. The molecule has 0 bridgehead atoms. The number of alkyl halides is 3. The lowest BCUT2D eigenvalue weighted by molar-refractivity contribution is -0.137. The quantitative estimate of drug-likeness (QED) is 0.511. The molecule has 0 aliphatic rings. The zero-order valence-electron chi connectivity index (χ0n) is 12.2. The molecule has 3 nitrogen and oxygen atoms in total. The van der Waals surface area contributed by atoms with Crippen molar-refractivity contribution in [2.75, 3.05) is 5.43 Å². The molecule has 0 aliphatic carbocycles. The molecule has 0 saturated carbocycles. The summed E-state index contributed by atoms with van der Waals surface area (Å²) < 4.78 is 37.5. The molecular formula is C17H11ClF3N3. The molecule has 1 heterocycles. The van der Waals surface area contributed by atoms with Gasteiger partial charge in [0.2, 0.25) is 0 Å². The van der Waals surface area contributed by atoms with Gasteiger partial charge >= 0.3 is 6.18 Å². The van der Waals surface area contributed by atoms with Gasteiger partial charge in [0.1, 0.15) is 0 Å². The monoisotopic (exact) mass is 349 g/mol. The summed E-state index contributed by atoms with van der Waals surface area (Å²) in [7, 11) is 0. The molecule has 0 atom stereocenters. The molecule has 1 aromatic heterocycles. The normalized spacial score (nSPS) is 12.0. The maximum absolute atomic E-state index is 12.5. The van der Waals surface area contributed by atoms with Gasteiger partial charge in [-0.3, -0.25) is 10.4 Å². The third kappa shape index (κ3) is 3.65. The number of halogens is 4. The minimum atomic E-state index is -4.34. The second-order valence-electron chi connectivity index (χ2n) is 5.01. The van der Waals surface area contributed by atoms with E-state index in [4.69, 9.17) is 11.6 Å². The number of pyridine rings is 1. The molecule has 0 unspecified atom stereocenters. The topological polar surface area (TPSA) is 37.3 Å². The van der Waals surface area contributed by atoms with Gasteiger partial charge in [0, 0.05) is 16.6 Å². The maximum atomic E-state index is 12.5. The van der Waals surface area contributed by atoms with Crippen LogP contribution in [0.1, 0.15) is 11.1 Å². The van der Waals surface area contributed by atoms with Crippen LogP contribution < -0.4 is 5.43 Å². The number of benzene rings is 2. The fourth-order valence-corrected chi connectivity index (χ4v) is 2.32. The fourth-order valence-electron chi connectivity index (χ4n) is 2.15. The van der Waals surface area contributed by atoms with Crippen LogP contribution in [0.15, 0.2) is 59.8 Å². The van der Waals surface area contributed by atoms with Crippen molar-refractivity contribution in [2.45, 2.75) is 6.18 Å². The molecule has 0 spiro atoms. The predicted molar refractivity (Wildman–Crippen MR) is 89.4 cm³/mol. The Hall–Kier alpha value is -2.60. The van der Waals surface area contributed by atoms with Crippen molar-refractivity contribution in [1.29, 1.82) is 0 Å². The number of rotatable bonds is 3. The highest BCUT2D eigenvalue weighted by atomic mass is 35.5. The van der Waals surface area contributed by atoms with Crippen molar-refractivity contribution in [2.24, 2.45) is 5.10 Å². The molecule has 0 amide bonds. The Morgan fingerprint density at radius 2 is 1.79 bits per heavy atom. The first-order valence-corrected chi connectivity index (χ1v) is 7.32. The standard InChI is InChI=1S/C17H11ClF3N3/c18-13-5-6-14-15(7-8-22-16(14)9-13)24-23-10-11-1-3-12(4-2-11)17(19,20)21/h1-10H,(H,22,24)/b23-10+. The van der Waals surface area contributed by atoms with Gasteiger partial charge in [-0.15, -0.1) is 0 Å². The lowest BCUT2D eigenvalue weighted by Crippen LogP contribution is -2.04. The minimum Gasteiger partial charge on any atom is -0.278 e. The lowest BCUT2D eigenvalue weighted by atomic mass is 10.1. The minimum absolute atomic E-state index is 0.553. The first-order chi connectivity index (χ1) is 11.4. The van der Waals surface area contributed by atoms with Gasteiger partial charge in [-0.05, 0) is 42.0 Å². The highest BCUT2D eigenvalue weighted by Crippen LogP contribution is 2.29. The van der Waals surface area contributed by atoms with E-state index in [1.54, 1.807) is 24.4 Å². The van der Waals surface area contributed by atoms with E-state index in [9.17, 15) is 13.2 Å². The Balaban J connectivity index is 1.77. The second kappa shape index (κ2) is 6.49. The van der Waals surface area contributed by atoms with Crippen LogP contribution in [-0.2, 0) is 6.18 Å². The van der Waals surface area contributed by atoms with Crippen LogP contribution in [-0.4, -0.2) is 11.2 Å². The van der Waals surface area contributed by atoms with E-state index in [0.717, 1.165) is 28.7 Å². The van der Waals surface area contributed by atoms with Crippen molar-refractivity contribution in [3.63, 3.8) is 0 Å². The highest BCUT2D eigenvalue weighted by Gasteiger charge is 2.29. The average molecular weight is 350 g/mol. The summed E-state index contributed by atoms with van der Waals surface area (Å²) >= 11 is 5.93. The highest BCUT2D eigenvalue weighted by molar-refractivity contribution is 6.31. The van der Waals surface area contributed by atoms with E-state index in [1.807, 2.05) is 6.07 Å². The van der Waals surface area contributed by atoms with E-state index < -0.39 is 11.7 Å². The molecule has 0 aliphatic heterocycles. The maximum Gasteiger partial charge on any atom is 0.416 e. The molecular weight excluding hydrogens is 339 g/mol. The number of fused-ring (bicyclic) bond motifs is 1. The smallest absolute Gasteiger partial charge is 0.278 e. The van der Waals surface area contributed by atoms with E-state index >= 15 is 0 Å². The van der Waals surface area contributed by atoms with Crippen LogP contribution in [0.4, 0.5) is 18.9 Å². The number of anilines is 1. The van der Waals surface area contributed by atoms with Crippen LogP contribution in [0, 0.1) is 0 Å². The Labute approximate surface area is 140 Å². The van der Waals surface area contributed by atoms with E-state index in [0.29, 0.717) is 10.6 Å². The summed E-state index contributed by atoms with van der Waals surface area (Å²) in [5.41, 5.74) is 4.17. The molecule has 122 valence electrons. The van der Waals surface area contributed by atoms with E-state index in [1.165, 1.54) is 18.3 Å². The molecule has 0 saturated heterocycles. The van der Waals surface area contributed by atoms with Gasteiger partial charge in [-0.2, -0.15) is 18.3 Å². The summed E-state index contributed by atoms with van der Waals surface area (Å²) in [6, 6.07) is 11.8. The molecule has 7 heteroatoms. The largest absolute Gasteiger partial charge is 0.416 e. The van der Waals surface area contributed by atoms with Crippen LogP contribution in [0.25, 0.3) is 10.9 Å². The Kier molecular flexibility index (Phi) is 4.40. The van der Waals surface area contributed by atoms with Gasteiger partial charge in [-0.1, -0.05) is 23.7 Å². The van der Waals surface area contributed by atoms with E-state index in [-0.39, 0.29) is 0 Å². The SMILES string of the molecule is FC(F)(F)c1ccc(/C=N/Nc2ccnc3cc(Cl)ccc23)cc1. The van der Waals surface area contributed by atoms with Crippen LogP contribution in [0.3, 0.4) is 0 Å². The van der Waals surface area contributed by atoms with E-state index in [2.05, 4.69) is 15.5 Å². The molecule has 2 aromatic carbocycles. The summed E-state index contributed by atoms with van der Waals surface area (Å²) in [6.07, 6.45) is -1.28. The van der Waals surface area contributed by atoms with Gasteiger partial charge in [-0.25, -0.2) is 0 Å². The first-order valence-electron chi connectivity index (χ1n) is 6.94. The second-order valence-corrected chi connectivity index (χ2v) is 5.45. The Morgan fingerprint density at radius 1 is 1.04 bits per heavy atom. The van der Waals surface area contributed by atoms with Crippen LogP contribution in [0.2, 0.25) is 5.02 Å². The van der Waals surface area contributed by atoms with Crippen molar-refractivity contribution in [3.05, 3.63) is 70.9 Å². The molecule has 0 fully saturated rings. The molecule has 3 rings (SSSR count). The zero-order valence-corrected chi connectivity index (χ0v) is 12.9. The van der Waals surface area contributed by atoms with Crippen molar-refractivity contribution in [1.82, 2.24) is 4.98 Å². The summed E-state index contributed by atoms with van der Waals surface area (Å²) in [6.45, 7) is 0. The van der Waals surface area contributed by atoms with Crippen LogP contribution in [0.5, 0.6) is 0 Å². The third-order valence-electron chi connectivity index (χ3n) is 3.34. The zero-order chi connectivity index (χ0) is 17.2. The van der Waals surface area contributed by atoms with Crippen molar-refractivity contribution in [3.8, 4) is 0 Å². The van der Waals surface area contributed by atoms with Gasteiger partial charge in [0.05, 0.1) is 23.0 Å². The summed E-state index contributed by atoms with van der Waals surface area (Å²) in [4.78, 5) is 4.22. The Bertz CT molecular complexity index is 890. The van der Waals surface area contributed by atoms with Gasteiger partial charge in [0.15, 0.2) is 0 Å². The van der Waals surface area contributed by atoms with Crippen molar-refractivity contribution < 1.29 is 13.2 Å². The summed E-state index contributed by atoms with van der Waals surface area (Å²) in [5, 5.41) is 5.48. The van der Waals surface area contributed by atoms with Crippen LogP contribution >= 0.6 is 11.6 Å². The molecule has 0 radical (unpaired) electrons. The predicted octanol–water partition coefficient (Wildman–Crippen LogP) is 5.35. The number of hydrazone groups is 1. The summed E-state index contributed by atoms with van der Waals surface area (Å²) in [5.74, 6) is 0. The van der Waals surface area contributed by atoms with Gasteiger partial charge < -0.3 is 0 Å². The molecule has 1 N–H and O–H groups in total. The molecule has 3 aromatic rings. The Morgan fingerprint density at radius 3 is 2.50 bits per heavy atom. The van der Waals surface area contributed by atoms with Gasteiger partial charge in [0.25, 0.3) is 0 Å². The number of hydrogen-bond donors (Lipinski definition) is 1. The lowest BCUT2D eigenvalue weighted by Gasteiger charge is -2.06. The fraction of sp³-hybridized carbons (Fsp3) is 0.0588. The number of aromatic nitrogens is 1. The number of hydrogen-bond acceptors (Lipinski definition) is 3.